The maximum absolute atomic E-state index is 14.1. The van der Waals surface area contributed by atoms with E-state index in [1.807, 2.05) is 84.3 Å². The lowest BCUT2D eigenvalue weighted by Crippen LogP contribution is -2.64. The molecule has 2 atom stereocenters. The van der Waals surface area contributed by atoms with Crippen molar-refractivity contribution in [3.8, 4) is 5.75 Å². The van der Waals surface area contributed by atoms with E-state index in [9.17, 15) is 14.7 Å². The van der Waals surface area contributed by atoms with Crippen molar-refractivity contribution in [2.24, 2.45) is 4.99 Å². The van der Waals surface area contributed by atoms with E-state index in [1.54, 1.807) is 60.2 Å². The van der Waals surface area contributed by atoms with E-state index in [2.05, 4.69) is 9.98 Å². The minimum Gasteiger partial charge on any atom is -0.507 e. The second kappa shape index (κ2) is 13.8. The highest BCUT2D eigenvalue weighted by atomic mass is 32.2. The van der Waals surface area contributed by atoms with Crippen LogP contribution in [0.25, 0.3) is 6.08 Å². The average Bonchev–Trinajstić information content (AvgIpc) is 3.07. The zero-order valence-corrected chi connectivity index (χ0v) is 25.2. The number of thioether (sulfide) groups is 2. The number of carbonyl (C=O) groups excluding carboxylic acids is 2. The van der Waals surface area contributed by atoms with Crippen LogP contribution >= 0.6 is 23.5 Å². The second-order valence-corrected chi connectivity index (χ2v) is 12.1. The number of amides is 1. The molecule has 1 amide bonds. The Morgan fingerprint density at radius 3 is 2.41 bits per heavy atom. The molecule has 6 rings (SSSR count). The summed E-state index contributed by atoms with van der Waals surface area (Å²) in [6.07, 6.45) is 6.35. The first-order valence-electron chi connectivity index (χ1n) is 14.1. The zero-order chi connectivity index (χ0) is 30.3. The maximum atomic E-state index is 14.1. The number of carbonyl (C=O) groups is 2. The van der Waals surface area contributed by atoms with Crippen molar-refractivity contribution >= 4 is 47.7 Å². The fourth-order valence-corrected chi connectivity index (χ4v) is 7.28. The molecule has 44 heavy (non-hydrogen) atoms. The van der Waals surface area contributed by atoms with Gasteiger partial charge < -0.3 is 9.84 Å². The largest absolute Gasteiger partial charge is 0.507 e. The summed E-state index contributed by atoms with van der Waals surface area (Å²) in [6, 6.07) is 29.2. The third kappa shape index (κ3) is 6.49. The molecule has 1 saturated heterocycles. The minimum absolute atomic E-state index is 0.0897. The summed E-state index contributed by atoms with van der Waals surface area (Å²) in [5.74, 6) is 0.336. The molecule has 4 aromatic rings. The first-order chi connectivity index (χ1) is 21.6. The molecule has 7 nitrogen and oxygen atoms in total. The molecule has 3 aromatic carbocycles. The van der Waals surface area contributed by atoms with Crippen LogP contribution in [0.3, 0.4) is 0 Å². The van der Waals surface area contributed by atoms with Crippen LogP contribution in [0.2, 0.25) is 0 Å². The van der Waals surface area contributed by atoms with E-state index in [4.69, 9.17) is 4.74 Å². The molecule has 1 N–H and O–H groups in total. The Bertz CT molecular complexity index is 1670. The molecule has 0 aliphatic carbocycles. The summed E-state index contributed by atoms with van der Waals surface area (Å²) in [7, 11) is 0. The van der Waals surface area contributed by atoms with Crippen molar-refractivity contribution < 1.29 is 19.4 Å². The number of para-hydroxylation sites is 1. The van der Waals surface area contributed by atoms with Crippen molar-refractivity contribution in [3.63, 3.8) is 0 Å². The standard InChI is InChI=1S/C35H29N3O4S2/c39-29-16-8-7-15-27(29)21-37-30-33(40)38-31(28(23-44-34(30)38)22-43-19-17-24-10-9-18-36-20-24)35(41)42-32(25-11-3-1-4-12-25)26-13-5-2-6-14-26/h1-21,30,32,34,39H,22-23H2/b19-17-,37-21?/t30?,34-/m1/s1. The molecule has 1 fully saturated rings. The molecular weight excluding hydrogens is 591 g/mol. The van der Waals surface area contributed by atoms with E-state index in [1.165, 1.54) is 11.1 Å². The van der Waals surface area contributed by atoms with Crippen LogP contribution in [0.1, 0.15) is 28.4 Å². The zero-order valence-electron chi connectivity index (χ0n) is 23.6. The first kappa shape index (κ1) is 29.5. The van der Waals surface area contributed by atoms with Gasteiger partial charge in [-0.2, -0.15) is 0 Å². The van der Waals surface area contributed by atoms with Gasteiger partial charge in [-0.1, -0.05) is 78.9 Å². The van der Waals surface area contributed by atoms with Gasteiger partial charge in [-0.25, -0.2) is 4.79 Å². The number of phenolic OH excluding ortho intramolecular Hbond substituents is 1. The van der Waals surface area contributed by atoms with Gasteiger partial charge in [0.05, 0.1) is 0 Å². The van der Waals surface area contributed by atoms with Crippen LogP contribution in [0.5, 0.6) is 5.75 Å². The van der Waals surface area contributed by atoms with E-state index >= 15 is 0 Å². The van der Waals surface area contributed by atoms with Crippen molar-refractivity contribution in [3.05, 3.63) is 148 Å². The summed E-state index contributed by atoms with van der Waals surface area (Å²) in [5.41, 5.74) is 4.29. The third-order valence-corrected chi connectivity index (χ3v) is 9.42. The van der Waals surface area contributed by atoms with E-state index in [0.717, 1.165) is 22.3 Å². The number of hydrogen-bond donors (Lipinski definition) is 1. The lowest BCUT2D eigenvalue weighted by Gasteiger charge is -2.48. The number of fused-ring (bicyclic) bond motifs is 1. The number of aromatic hydroxyl groups is 1. The average molecular weight is 620 g/mol. The van der Waals surface area contributed by atoms with Gasteiger partial charge in [0.1, 0.15) is 16.8 Å². The van der Waals surface area contributed by atoms with Gasteiger partial charge in [0.15, 0.2) is 12.1 Å². The van der Waals surface area contributed by atoms with Crippen molar-refractivity contribution in [2.75, 3.05) is 11.5 Å². The minimum atomic E-state index is -0.666. The molecular formula is C35H29N3O4S2. The number of hydrogen-bond acceptors (Lipinski definition) is 8. The normalized spacial score (nSPS) is 18.1. The van der Waals surface area contributed by atoms with E-state index in [0.29, 0.717) is 17.1 Å². The van der Waals surface area contributed by atoms with Crippen LogP contribution in [-0.2, 0) is 14.3 Å². The Morgan fingerprint density at radius 2 is 1.73 bits per heavy atom. The lowest BCUT2D eigenvalue weighted by atomic mass is 10.0. The highest BCUT2D eigenvalue weighted by molar-refractivity contribution is 8.02. The topological polar surface area (TPSA) is 92.1 Å². The predicted octanol–water partition coefficient (Wildman–Crippen LogP) is 6.48. The Hall–Kier alpha value is -4.60. The summed E-state index contributed by atoms with van der Waals surface area (Å²) in [6.45, 7) is 0. The van der Waals surface area contributed by atoms with Crippen molar-refractivity contribution in [2.45, 2.75) is 17.5 Å². The first-order valence-corrected chi connectivity index (χ1v) is 16.2. The molecule has 9 heteroatoms. The van der Waals surface area contributed by atoms with Crippen LogP contribution in [0, 0.1) is 0 Å². The Morgan fingerprint density at radius 1 is 1.02 bits per heavy atom. The highest BCUT2D eigenvalue weighted by Gasteiger charge is 2.54. The van der Waals surface area contributed by atoms with Crippen LogP contribution in [-0.4, -0.2) is 56.0 Å². The molecule has 0 radical (unpaired) electrons. The number of esters is 1. The number of pyridine rings is 1. The molecule has 2 aliphatic heterocycles. The summed E-state index contributed by atoms with van der Waals surface area (Å²) >= 11 is 3.12. The van der Waals surface area contributed by atoms with Crippen LogP contribution in [0.15, 0.2) is 131 Å². The van der Waals surface area contributed by atoms with Crippen LogP contribution < -0.4 is 0 Å². The van der Waals surface area contributed by atoms with Gasteiger partial charge >= 0.3 is 5.97 Å². The Labute approximate surface area is 264 Å². The van der Waals surface area contributed by atoms with E-state index in [-0.39, 0.29) is 22.7 Å². The van der Waals surface area contributed by atoms with E-state index < -0.39 is 18.1 Å². The number of aromatic nitrogens is 1. The Kier molecular flexibility index (Phi) is 9.24. The summed E-state index contributed by atoms with van der Waals surface area (Å²) < 4.78 is 6.24. The van der Waals surface area contributed by atoms with Crippen LogP contribution in [0.4, 0.5) is 0 Å². The predicted molar refractivity (Wildman–Crippen MR) is 176 cm³/mol. The maximum Gasteiger partial charge on any atom is 0.356 e. The fraction of sp³-hybridized carbons (Fsp3) is 0.143. The molecule has 1 aromatic heterocycles. The molecule has 3 heterocycles. The smallest absolute Gasteiger partial charge is 0.356 e. The number of aliphatic imine (C=N–C) groups is 1. The quantitative estimate of drug-likeness (QED) is 0.123. The number of phenols is 1. The number of β-lactam (4-membered cyclic amide) rings is 1. The molecule has 0 bridgehead atoms. The highest BCUT2D eigenvalue weighted by Crippen LogP contribution is 2.43. The molecule has 2 aliphatic rings. The molecule has 1 unspecified atom stereocenters. The van der Waals surface area contributed by atoms with Crippen molar-refractivity contribution in [1.29, 1.82) is 0 Å². The molecule has 0 saturated carbocycles. The Balaban J connectivity index is 1.28. The second-order valence-electron chi connectivity index (χ2n) is 10.2. The molecule has 220 valence electrons. The van der Waals surface area contributed by atoms with Gasteiger partial charge in [-0.3, -0.25) is 19.7 Å². The number of ether oxygens (including phenoxy) is 1. The monoisotopic (exact) mass is 619 g/mol. The van der Waals surface area contributed by atoms with Gasteiger partial charge in [-0.05, 0) is 51.9 Å². The number of nitrogens with zero attached hydrogens (tertiary/aromatic N) is 3. The van der Waals surface area contributed by atoms with Gasteiger partial charge in [-0.15, -0.1) is 23.5 Å². The van der Waals surface area contributed by atoms with Gasteiger partial charge in [0, 0.05) is 35.7 Å². The lowest BCUT2D eigenvalue weighted by molar-refractivity contribution is -0.153. The molecule has 0 spiro atoms. The number of benzene rings is 3. The van der Waals surface area contributed by atoms with Gasteiger partial charge in [0.2, 0.25) is 0 Å². The SMILES string of the molecule is O=C(OC(c1ccccc1)c1ccccc1)C1=C(CS/C=C\c2cccnc2)CS[C@@H]2C(N=Cc3ccccc3O)C(=O)N12. The number of rotatable bonds is 10. The fourth-order valence-electron chi connectivity index (χ4n) is 5.02. The summed E-state index contributed by atoms with van der Waals surface area (Å²) in [5, 5.41) is 11.8. The summed E-state index contributed by atoms with van der Waals surface area (Å²) in [4.78, 5) is 37.9. The van der Waals surface area contributed by atoms with Crippen molar-refractivity contribution in [1.82, 2.24) is 9.88 Å². The third-order valence-electron chi connectivity index (χ3n) is 7.25. The van der Waals surface area contributed by atoms with Gasteiger partial charge in [0.25, 0.3) is 5.91 Å².